The second kappa shape index (κ2) is 4.36. The summed E-state index contributed by atoms with van der Waals surface area (Å²) >= 11 is 2.04. The number of hydrogen-bond acceptors (Lipinski definition) is 3. The van der Waals surface area contributed by atoms with Gasteiger partial charge in [0.25, 0.3) is 0 Å². The Bertz CT molecular complexity index is 291. The van der Waals surface area contributed by atoms with Crippen LogP contribution >= 0.6 is 11.8 Å². The molecule has 1 aliphatic heterocycles. The van der Waals surface area contributed by atoms with E-state index in [0.717, 1.165) is 5.82 Å². The Labute approximate surface area is 89.3 Å². The quantitative estimate of drug-likeness (QED) is 0.823. The molecule has 78 valence electrons. The minimum absolute atomic E-state index is 0.360. The molecule has 0 aliphatic carbocycles. The van der Waals surface area contributed by atoms with Gasteiger partial charge in [0.1, 0.15) is 5.82 Å². The first kappa shape index (κ1) is 10.1. The number of rotatable bonds is 3. The van der Waals surface area contributed by atoms with Gasteiger partial charge in [-0.3, -0.25) is 0 Å². The Morgan fingerprint density at radius 2 is 2.57 bits per heavy atom. The van der Waals surface area contributed by atoms with Crippen molar-refractivity contribution in [3.63, 3.8) is 0 Å². The monoisotopic (exact) mass is 211 g/mol. The molecule has 0 radical (unpaired) electrons. The highest BCUT2D eigenvalue weighted by Crippen LogP contribution is 2.20. The van der Waals surface area contributed by atoms with Crippen molar-refractivity contribution in [1.82, 2.24) is 14.9 Å². The fourth-order valence-electron chi connectivity index (χ4n) is 1.89. The smallest absolute Gasteiger partial charge is 0.125 e. The SMILES string of the molecule is CC(NC1CCSC1)c1nccn1C. The van der Waals surface area contributed by atoms with Crippen LogP contribution in [0.3, 0.4) is 0 Å². The van der Waals surface area contributed by atoms with Gasteiger partial charge in [-0.25, -0.2) is 4.98 Å². The number of aromatic nitrogens is 2. The van der Waals surface area contributed by atoms with Crippen molar-refractivity contribution in [2.45, 2.75) is 25.4 Å². The van der Waals surface area contributed by atoms with Crippen LogP contribution in [-0.4, -0.2) is 27.1 Å². The van der Waals surface area contributed by atoms with Crippen molar-refractivity contribution in [3.05, 3.63) is 18.2 Å². The number of nitrogens with one attached hydrogen (secondary N) is 1. The first-order valence-electron chi connectivity index (χ1n) is 5.08. The van der Waals surface area contributed by atoms with Crippen LogP contribution in [0, 0.1) is 0 Å². The summed E-state index contributed by atoms with van der Waals surface area (Å²) in [5, 5.41) is 3.62. The number of thioether (sulfide) groups is 1. The minimum Gasteiger partial charge on any atom is -0.337 e. The second-order valence-corrected chi connectivity index (χ2v) is 5.00. The van der Waals surface area contributed by atoms with Crippen LogP contribution in [0.4, 0.5) is 0 Å². The molecular formula is C10H17N3S. The lowest BCUT2D eigenvalue weighted by molar-refractivity contribution is 0.461. The zero-order chi connectivity index (χ0) is 9.97. The van der Waals surface area contributed by atoms with E-state index < -0.39 is 0 Å². The third-order valence-corrected chi connectivity index (χ3v) is 3.82. The van der Waals surface area contributed by atoms with Gasteiger partial charge in [0.15, 0.2) is 0 Å². The zero-order valence-corrected chi connectivity index (χ0v) is 9.55. The van der Waals surface area contributed by atoms with Crippen LogP contribution < -0.4 is 5.32 Å². The van der Waals surface area contributed by atoms with Crippen molar-refractivity contribution < 1.29 is 0 Å². The standard InChI is InChI=1S/C10H17N3S/c1-8(10-11-4-5-13(10)2)12-9-3-6-14-7-9/h4-5,8-9,12H,3,6-7H2,1-2H3. The normalized spacial score (nSPS) is 24.0. The summed E-state index contributed by atoms with van der Waals surface area (Å²) in [6.07, 6.45) is 5.15. The molecule has 2 rings (SSSR count). The van der Waals surface area contributed by atoms with E-state index in [-0.39, 0.29) is 0 Å². The van der Waals surface area contributed by atoms with Crippen molar-refractivity contribution in [2.24, 2.45) is 7.05 Å². The van der Waals surface area contributed by atoms with Gasteiger partial charge < -0.3 is 9.88 Å². The summed E-state index contributed by atoms with van der Waals surface area (Å²) in [5.41, 5.74) is 0. The summed E-state index contributed by atoms with van der Waals surface area (Å²) in [4.78, 5) is 4.35. The number of aryl methyl sites for hydroxylation is 1. The van der Waals surface area contributed by atoms with Gasteiger partial charge in [-0.05, 0) is 19.1 Å². The summed E-state index contributed by atoms with van der Waals surface area (Å²) in [5.74, 6) is 3.67. The molecule has 2 atom stereocenters. The van der Waals surface area contributed by atoms with Gasteiger partial charge in [-0.15, -0.1) is 0 Å². The molecule has 0 spiro atoms. The maximum Gasteiger partial charge on any atom is 0.125 e. The molecule has 2 unspecified atom stereocenters. The van der Waals surface area contributed by atoms with Crippen molar-refractivity contribution in [1.29, 1.82) is 0 Å². The molecule has 1 saturated heterocycles. The minimum atomic E-state index is 0.360. The van der Waals surface area contributed by atoms with Gasteiger partial charge in [-0.2, -0.15) is 11.8 Å². The summed E-state index contributed by atoms with van der Waals surface area (Å²) < 4.78 is 2.08. The maximum absolute atomic E-state index is 4.35. The lowest BCUT2D eigenvalue weighted by Gasteiger charge is -2.18. The second-order valence-electron chi connectivity index (χ2n) is 3.85. The highest BCUT2D eigenvalue weighted by molar-refractivity contribution is 7.99. The summed E-state index contributed by atoms with van der Waals surface area (Å²) in [6, 6.07) is 1.03. The van der Waals surface area contributed by atoms with E-state index in [1.165, 1.54) is 17.9 Å². The van der Waals surface area contributed by atoms with E-state index in [0.29, 0.717) is 12.1 Å². The van der Waals surface area contributed by atoms with E-state index in [1.54, 1.807) is 0 Å². The Balaban J connectivity index is 1.95. The maximum atomic E-state index is 4.35. The summed E-state index contributed by atoms with van der Waals surface area (Å²) in [7, 11) is 2.05. The lowest BCUT2D eigenvalue weighted by atomic mass is 10.2. The fourth-order valence-corrected chi connectivity index (χ4v) is 3.05. The highest BCUT2D eigenvalue weighted by atomic mass is 32.2. The molecule has 0 bridgehead atoms. The molecule has 2 heterocycles. The van der Waals surface area contributed by atoms with Crippen LogP contribution in [-0.2, 0) is 7.05 Å². The van der Waals surface area contributed by atoms with Crippen LogP contribution in [0.5, 0.6) is 0 Å². The van der Waals surface area contributed by atoms with Gasteiger partial charge in [0.2, 0.25) is 0 Å². The Hall–Kier alpha value is -0.480. The summed E-state index contributed by atoms with van der Waals surface area (Å²) in [6.45, 7) is 2.19. The van der Waals surface area contributed by atoms with Gasteiger partial charge in [0.05, 0.1) is 6.04 Å². The molecular weight excluding hydrogens is 194 g/mol. The molecule has 1 aromatic rings. The molecule has 1 N–H and O–H groups in total. The Morgan fingerprint density at radius 3 is 3.14 bits per heavy atom. The predicted molar refractivity (Wildman–Crippen MR) is 60.5 cm³/mol. The van der Waals surface area contributed by atoms with E-state index in [1.807, 2.05) is 31.2 Å². The molecule has 14 heavy (non-hydrogen) atoms. The number of hydrogen-bond donors (Lipinski definition) is 1. The fraction of sp³-hybridized carbons (Fsp3) is 0.700. The first-order chi connectivity index (χ1) is 6.77. The van der Waals surface area contributed by atoms with E-state index in [2.05, 4.69) is 21.8 Å². The average Bonchev–Trinajstić information content (AvgIpc) is 2.75. The molecule has 3 nitrogen and oxygen atoms in total. The van der Waals surface area contributed by atoms with Gasteiger partial charge >= 0.3 is 0 Å². The number of nitrogens with zero attached hydrogens (tertiary/aromatic N) is 2. The zero-order valence-electron chi connectivity index (χ0n) is 8.73. The Kier molecular flexibility index (Phi) is 3.13. The lowest BCUT2D eigenvalue weighted by Crippen LogP contribution is -2.32. The van der Waals surface area contributed by atoms with Crippen molar-refractivity contribution >= 4 is 11.8 Å². The van der Waals surface area contributed by atoms with E-state index in [9.17, 15) is 0 Å². The van der Waals surface area contributed by atoms with E-state index >= 15 is 0 Å². The van der Waals surface area contributed by atoms with Crippen LogP contribution in [0.1, 0.15) is 25.2 Å². The third-order valence-electron chi connectivity index (χ3n) is 2.66. The highest BCUT2D eigenvalue weighted by Gasteiger charge is 2.19. The number of imidazole rings is 1. The molecule has 0 amide bonds. The van der Waals surface area contributed by atoms with E-state index in [4.69, 9.17) is 0 Å². The predicted octanol–water partition coefficient (Wildman–Crippen LogP) is 1.58. The third kappa shape index (κ3) is 2.12. The van der Waals surface area contributed by atoms with Gasteiger partial charge in [-0.1, -0.05) is 0 Å². The van der Waals surface area contributed by atoms with Crippen LogP contribution in [0.15, 0.2) is 12.4 Å². The molecule has 4 heteroatoms. The molecule has 1 fully saturated rings. The van der Waals surface area contributed by atoms with Crippen molar-refractivity contribution in [3.8, 4) is 0 Å². The average molecular weight is 211 g/mol. The topological polar surface area (TPSA) is 29.9 Å². The largest absolute Gasteiger partial charge is 0.337 e. The molecule has 0 aromatic carbocycles. The molecule has 1 aromatic heterocycles. The Morgan fingerprint density at radius 1 is 1.71 bits per heavy atom. The van der Waals surface area contributed by atoms with Crippen LogP contribution in [0.25, 0.3) is 0 Å². The first-order valence-corrected chi connectivity index (χ1v) is 6.24. The molecule has 0 saturated carbocycles. The van der Waals surface area contributed by atoms with Crippen LogP contribution in [0.2, 0.25) is 0 Å². The van der Waals surface area contributed by atoms with Gasteiger partial charge in [0, 0.05) is 31.2 Å². The van der Waals surface area contributed by atoms with Crippen molar-refractivity contribution in [2.75, 3.05) is 11.5 Å². The molecule has 1 aliphatic rings.